The minimum atomic E-state index is -0.975. The van der Waals surface area contributed by atoms with Crippen LogP contribution >= 0.6 is 0 Å². The first-order valence-electron chi connectivity index (χ1n) is 13.0. The lowest BCUT2D eigenvalue weighted by Crippen LogP contribution is -2.57. The molecule has 4 rings (SSSR count). The molecule has 3 saturated heterocycles. The standard InChI is InChI=1S/C25H41N3O5/c1-4-12-26-21(30)18-19-23(32)28(13-8-9-14-29)20(22(31)27-17-10-6-5-7-11-17)25(19)15-16(2)24(18,3)33-25/h16-20,29H,4-15H2,1-3H3,(H,26,30)(H,27,31)/t16?,18-,19+,20?,24+,25?/m1/s1. The summed E-state index contributed by atoms with van der Waals surface area (Å²) in [4.78, 5) is 42.5. The summed E-state index contributed by atoms with van der Waals surface area (Å²) >= 11 is 0. The van der Waals surface area contributed by atoms with Crippen LogP contribution in [0.4, 0.5) is 0 Å². The van der Waals surface area contributed by atoms with E-state index in [4.69, 9.17) is 4.74 Å². The van der Waals surface area contributed by atoms with Gasteiger partial charge in [0, 0.05) is 25.7 Å². The minimum Gasteiger partial charge on any atom is -0.396 e. The quantitative estimate of drug-likeness (QED) is 0.452. The zero-order valence-electron chi connectivity index (χ0n) is 20.4. The molecule has 8 heteroatoms. The molecule has 4 aliphatic rings. The molecule has 3 unspecified atom stereocenters. The van der Waals surface area contributed by atoms with Gasteiger partial charge in [-0.25, -0.2) is 0 Å². The average Bonchev–Trinajstić information content (AvgIpc) is 3.30. The van der Waals surface area contributed by atoms with E-state index >= 15 is 0 Å². The van der Waals surface area contributed by atoms with Crippen molar-refractivity contribution in [3.05, 3.63) is 0 Å². The summed E-state index contributed by atoms with van der Waals surface area (Å²) in [5, 5.41) is 15.5. The normalized spacial score (nSPS) is 37.9. The van der Waals surface area contributed by atoms with Gasteiger partial charge in [0.15, 0.2) is 0 Å². The lowest BCUT2D eigenvalue weighted by atomic mass is 9.62. The summed E-state index contributed by atoms with van der Waals surface area (Å²) in [7, 11) is 0. The van der Waals surface area contributed by atoms with Gasteiger partial charge in [-0.15, -0.1) is 0 Å². The number of aliphatic hydroxyl groups excluding tert-OH is 1. The molecule has 6 atom stereocenters. The number of aliphatic hydroxyl groups is 1. The number of ether oxygens (including phenoxy) is 1. The van der Waals surface area contributed by atoms with Crippen LogP contribution in [0.1, 0.15) is 78.6 Å². The van der Waals surface area contributed by atoms with E-state index in [1.54, 1.807) is 4.90 Å². The number of fused-ring (bicyclic) bond motifs is 1. The fourth-order valence-corrected chi connectivity index (χ4v) is 6.96. The summed E-state index contributed by atoms with van der Waals surface area (Å²) in [6.07, 6.45) is 7.91. The van der Waals surface area contributed by atoms with Crippen LogP contribution in [-0.2, 0) is 19.1 Å². The second-order valence-corrected chi connectivity index (χ2v) is 10.8. The molecule has 186 valence electrons. The highest BCUT2D eigenvalue weighted by atomic mass is 16.5. The summed E-state index contributed by atoms with van der Waals surface area (Å²) < 4.78 is 6.69. The molecule has 2 bridgehead atoms. The fourth-order valence-electron chi connectivity index (χ4n) is 6.96. The molecule has 33 heavy (non-hydrogen) atoms. The zero-order valence-corrected chi connectivity index (χ0v) is 20.4. The first-order valence-corrected chi connectivity index (χ1v) is 13.0. The van der Waals surface area contributed by atoms with Crippen LogP contribution in [0.5, 0.6) is 0 Å². The maximum absolute atomic E-state index is 13.8. The highest BCUT2D eigenvalue weighted by Gasteiger charge is 2.79. The van der Waals surface area contributed by atoms with Crippen LogP contribution in [0.2, 0.25) is 0 Å². The Kier molecular flexibility index (Phi) is 7.06. The van der Waals surface area contributed by atoms with E-state index in [-0.39, 0.29) is 36.3 Å². The number of likely N-dealkylation sites (tertiary alicyclic amines) is 1. The van der Waals surface area contributed by atoms with Gasteiger partial charge >= 0.3 is 0 Å². The van der Waals surface area contributed by atoms with E-state index in [9.17, 15) is 19.5 Å². The Morgan fingerprint density at radius 3 is 2.58 bits per heavy atom. The number of unbranched alkanes of at least 4 members (excludes halogenated alkanes) is 1. The Balaban J connectivity index is 1.67. The van der Waals surface area contributed by atoms with Crippen LogP contribution in [0.15, 0.2) is 0 Å². The Hall–Kier alpha value is -1.67. The molecule has 1 saturated carbocycles. The lowest BCUT2D eigenvalue weighted by Gasteiger charge is -2.36. The highest BCUT2D eigenvalue weighted by Crippen LogP contribution is 2.65. The van der Waals surface area contributed by atoms with Crippen molar-refractivity contribution in [3.63, 3.8) is 0 Å². The Morgan fingerprint density at radius 1 is 1.18 bits per heavy atom. The largest absolute Gasteiger partial charge is 0.396 e. The molecule has 1 spiro atoms. The van der Waals surface area contributed by atoms with Crippen molar-refractivity contribution in [1.82, 2.24) is 15.5 Å². The lowest BCUT2D eigenvalue weighted by molar-refractivity contribution is -0.148. The molecule has 0 radical (unpaired) electrons. The number of carbonyl (C=O) groups excluding carboxylic acids is 3. The molecule has 1 aliphatic carbocycles. The van der Waals surface area contributed by atoms with E-state index in [2.05, 4.69) is 17.6 Å². The monoisotopic (exact) mass is 463 g/mol. The van der Waals surface area contributed by atoms with Gasteiger partial charge in [-0.3, -0.25) is 14.4 Å². The molecule has 3 aliphatic heterocycles. The van der Waals surface area contributed by atoms with Crippen molar-refractivity contribution >= 4 is 17.7 Å². The summed E-state index contributed by atoms with van der Waals surface area (Å²) in [6, 6.07) is -0.602. The number of carbonyl (C=O) groups is 3. The summed E-state index contributed by atoms with van der Waals surface area (Å²) in [6.45, 7) is 7.00. The van der Waals surface area contributed by atoms with Gasteiger partial charge in [0.25, 0.3) is 0 Å². The molecule has 3 amide bonds. The highest BCUT2D eigenvalue weighted by molar-refractivity contribution is 5.99. The molecule has 4 fully saturated rings. The second kappa shape index (κ2) is 9.53. The van der Waals surface area contributed by atoms with Gasteiger partial charge in [0.2, 0.25) is 17.7 Å². The van der Waals surface area contributed by atoms with E-state index < -0.39 is 29.1 Å². The van der Waals surface area contributed by atoms with Crippen LogP contribution < -0.4 is 10.6 Å². The maximum atomic E-state index is 13.8. The van der Waals surface area contributed by atoms with Crippen molar-refractivity contribution in [2.45, 2.75) is 102 Å². The first-order chi connectivity index (χ1) is 15.8. The molecular weight excluding hydrogens is 422 g/mol. The third kappa shape index (κ3) is 3.97. The Morgan fingerprint density at radius 2 is 1.91 bits per heavy atom. The zero-order chi connectivity index (χ0) is 23.8. The number of hydrogen-bond acceptors (Lipinski definition) is 5. The van der Waals surface area contributed by atoms with Gasteiger partial charge in [-0.05, 0) is 51.4 Å². The molecule has 0 aromatic rings. The summed E-state index contributed by atoms with van der Waals surface area (Å²) in [5.74, 6) is -1.63. The SMILES string of the molecule is CCCNC(=O)[C@H]1[C@H]2C(=O)N(CCCCO)C(C(=O)NC3CCCCC3)C23CC(C)[C@]1(C)O3. The number of nitrogens with one attached hydrogen (secondary N) is 2. The third-order valence-electron chi connectivity index (χ3n) is 8.65. The molecule has 0 aromatic carbocycles. The minimum absolute atomic E-state index is 0.0448. The second-order valence-electron chi connectivity index (χ2n) is 10.8. The number of hydrogen-bond donors (Lipinski definition) is 3. The fraction of sp³-hybridized carbons (Fsp3) is 0.880. The van der Waals surface area contributed by atoms with Gasteiger partial charge in [-0.1, -0.05) is 33.1 Å². The molecule has 3 N–H and O–H groups in total. The van der Waals surface area contributed by atoms with Crippen LogP contribution in [0.25, 0.3) is 0 Å². The summed E-state index contributed by atoms with van der Waals surface area (Å²) in [5.41, 5.74) is -1.74. The number of nitrogens with zero attached hydrogens (tertiary/aromatic N) is 1. The van der Waals surface area contributed by atoms with E-state index in [1.807, 2.05) is 13.8 Å². The number of amides is 3. The van der Waals surface area contributed by atoms with Crippen molar-refractivity contribution < 1.29 is 24.2 Å². The first kappa shape index (κ1) is 24.5. The van der Waals surface area contributed by atoms with E-state index in [1.165, 1.54) is 6.42 Å². The Bertz CT molecular complexity index is 769. The molecule has 3 heterocycles. The van der Waals surface area contributed by atoms with Crippen LogP contribution in [-0.4, -0.2) is 70.7 Å². The number of rotatable bonds is 9. The average molecular weight is 464 g/mol. The van der Waals surface area contributed by atoms with Crippen molar-refractivity contribution in [3.8, 4) is 0 Å². The van der Waals surface area contributed by atoms with Crippen molar-refractivity contribution in [2.75, 3.05) is 19.7 Å². The molecule has 8 nitrogen and oxygen atoms in total. The van der Waals surface area contributed by atoms with E-state index in [0.717, 1.165) is 32.1 Å². The smallest absolute Gasteiger partial charge is 0.246 e. The Labute approximate surface area is 197 Å². The van der Waals surface area contributed by atoms with Crippen LogP contribution in [0, 0.1) is 17.8 Å². The van der Waals surface area contributed by atoms with Gasteiger partial charge in [-0.2, -0.15) is 0 Å². The molecule has 0 aromatic heterocycles. The van der Waals surface area contributed by atoms with Crippen molar-refractivity contribution in [2.24, 2.45) is 17.8 Å². The predicted molar refractivity (Wildman–Crippen MR) is 123 cm³/mol. The van der Waals surface area contributed by atoms with Gasteiger partial charge < -0.3 is 25.4 Å². The van der Waals surface area contributed by atoms with Crippen LogP contribution in [0.3, 0.4) is 0 Å². The topological polar surface area (TPSA) is 108 Å². The van der Waals surface area contributed by atoms with Crippen molar-refractivity contribution in [1.29, 1.82) is 0 Å². The van der Waals surface area contributed by atoms with Gasteiger partial charge in [0.1, 0.15) is 11.6 Å². The van der Waals surface area contributed by atoms with Gasteiger partial charge in [0.05, 0.1) is 17.4 Å². The predicted octanol–water partition coefficient (Wildman–Crippen LogP) is 1.74. The maximum Gasteiger partial charge on any atom is 0.246 e. The molecular formula is C25H41N3O5. The third-order valence-corrected chi connectivity index (χ3v) is 8.65. The van der Waals surface area contributed by atoms with E-state index in [0.29, 0.717) is 32.4 Å².